The van der Waals surface area contributed by atoms with Crippen LogP contribution in [0.25, 0.3) is 0 Å². The topological polar surface area (TPSA) is 41.6 Å². The molecule has 1 N–H and O–H groups in total. The van der Waals surface area contributed by atoms with Crippen LogP contribution in [0.15, 0.2) is 0 Å². The molecule has 1 atom stereocenters. The minimum absolute atomic E-state index is 0.166. The lowest BCUT2D eigenvalue weighted by molar-refractivity contribution is 0.0288. The van der Waals surface area contributed by atoms with E-state index in [-0.39, 0.29) is 6.09 Å². The van der Waals surface area contributed by atoms with Crippen LogP contribution in [-0.4, -0.2) is 42.3 Å². The number of amides is 1. The average Bonchev–Trinajstić information content (AvgIpc) is 2.81. The minimum Gasteiger partial charge on any atom is -0.444 e. The molecule has 136 valence electrons. The molecule has 1 saturated heterocycles. The van der Waals surface area contributed by atoms with E-state index < -0.39 is 5.60 Å². The van der Waals surface area contributed by atoms with E-state index in [1.165, 1.54) is 12.8 Å². The van der Waals surface area contributed by atoms with Crippen molar-refractivity contribution >= 4 is 6.09 Å². The van der Waals surface area contributed by atoms with Gasteiger partial charge in [-0.05, 0) is 64.3 Å². The summed E-state index contributed by atoms with van der Waals surface area (Å²) in [6.07, 6.45) is 3.35. The number of nitrogens with one attached hydrogen (secondary N) is 1. The summed E-state index contributed by atoms with van der Waals surface area (Å²) in [4.78, 5) is 14.0. The summed E-state index contributed by atoms with van der Waals surface area (Å²) in [5, 5.41) is 3.75. The maximum absolute atomic E-state index is 12.1. The molecule has 1 aliphatic rings. The molecule has 4 heteroatoms. The van der Waals surface area contributed by atoms with Gasteiger partial charge in [-0.3, -0.25) is 0 Å². The molecular formula is C19H38N2O2. The highest BCUT2D eigenvalue weighted by atomic mass is 16.6. The highest BCUT2D eigenvalue weighted by molar-refractivity contribution is 5.68. The molecule has 0 aromatic carbocycles. The number of ether oxygens (including phenoxy) is 1. The van der Waals surface area contributed by atoms with Crippen LogP contribution in [-0.2, 0) is 4.74 Å². The van der Waals surface area contributed by atoms with Crippen molar-refractivity contribution in [2.75, 3.05) is 19.6 Å². The fraction of sp³-hybridized carbons (Fsp3) is 0.947. The Kier molecular flexibility index (Phi) is 7.85. The average molecular weight is 327 g/mol. The molecule has 1 rings (SSSR count). The smallest absolute Gasteiger partial charge is 0.410 e. The largest absolute Gasteiger partial charge is 0.444 e. The summed E-state index contributed by atoms with van der Waals surface area (Å²) in [5.41, 5.74) is -0.410. The maximum Gasteiger partial charge on any atom is 0.410 e. The summed E-state index contributed by atoms with van der Waals surface area (Å²) in [6.45, 7) is 17.5. The predicted octanol–water partition coefficient (Wildman–Crippen LogP) is 4.29. The van der Waals surface area contributed by atoms with E-state index in [0.717, 1.165) is 26.1 Å². The molecular weight excluding hydrogens is 288 g/mol. The Balaban J connectivity index is 2.39. The molecule has 1 amide bonds. The van der Waals surface area contributed by atoms with Gasteiger partial charge in [0.2, 0.25) is 0 Å². The van der Waals surface area contributed by atoms with Gasteiger partial charge in [-0.2, -0.15) is 0 Å². The first-order valence-corrected chi connectivity index (χ1v) is 9.28. The monoisotopic (exact) mass is 326 g/mol. The van der Waals surface area contributed by atoms with Crippen molar-refractivity contribution in [3.8, 4) is 0 Å². The third-order valence-corrected chi connectivity index (χ3v) is 4.14. The van der Waals surface area contributed by atoms with Crippen LogP contribution in [0.4, 0.5) is 4.79 Å². The Hall–Kier alpha value is -0.770. The lowest BCUT2D eigenvalue weighted by Gasteiger charge is -2.25. The zero-order valence-electron chi connectivity index (χ0n) is 16.3. The quantitative estimate of drug-likeness (QED) is 0.758. The number of carbonyl (C=O) groups is 1. The highest BCUT2D eigenvalue weighted by Crippen LogP contribution is 2.20. The van der Waals surface area contributed by atoms with Crippen molar-refractivity contribution in [2.45, 2.75) is 79.4 Å². The molecule has 4 nitrogen and oxygen atoms in total. The lowest BCUT2D eigenvalue weighted by Crippen LogP contribution is -2.38. The molecule has 1 aliphatic heterocycles. The maximum atomic E-state index is 12.1. The fourth-order valence-corrected chi connectivity index (χ4v) is 3.23. The Morgan fingerprint density at radius 2 is 1.74 bits per heavy atom. The van der Waals surface area contributed by atoms with E-state index in [4.69, 9.17) is 4.74 Å². The standard InChI is InChI=1S/C19H38N2O2/c1-14(2)10-17(11-15(3)4)20-12-16-8-9-21(13-16)18(22)23-19(5,6)7/h14-17,20H,8-13H2,1-7H3. The third kappa shape index (κ3) is 8.59. The Bertz CT molecular complexity index is 351. The van der Waals surface area contributed by atoms with Crippen molar-refractivity contribution in [2.24, 2.45) is 17.8 Å². The molecule has 1 unspecified atom stereocenters. The van der Waals surface area contributed by atoms with Crippen LogP contribution < -0.4 is 5.32 Å². The van der Waals surface area contributed by atoms with E-state index in [1.54, 1.807) is 0 Å². The number of hydrogen-bond acceptors (Lipinski definition) is 3. The van der Waals surface area contributed by atoms with Crippen molar-refractivity contribution in [1.29, 1.82) is 0 Å². The summed E-state index contributed by atoms with van der Waals surface area (Å²) < 4.78 is 5.47. The highest BCUT2D eigenvalue weighted by Gasteiger charge is 2.30. The van der Waals surface area contributed by atoms with Gasteiger partial charge in [0.15, 0.2) is 0 Å². The van der Waals surface area contributed by atoms with Gasteiger partial charge in [-0.25, -0.2) is 4.79 Å². The van der Waals surface area contributed by atoms with Crippen molar-refractivity contribution < 1.29 is 9.53 Å². The van der Waals surface area contributed by atoms with Crippen molar-refractivity contribution in [1.82, 2.24) is 10.2 Å². The van der Waals surface area contributed by atoms with Gasteiger partial charge in [0.25, 0.3) is 0 Å². The predicted molar refractivity (Wildman–Crippen MR) is 96.6 cm³/mol. The molecule has 0 aliphatic carbocycles. The second-order valence-corrected chi connectivity index (χ2v) is 8.95. The summed E-state index contributed by atoms with van der Waals surface area (Å²) in [6, 6.07) is 0.588. The van der Waals surface area contributed by atoms with Gasteiger partial charge in [0.05, 0.1) is 0 Å². The molecule has 0 aromatic heterocycles. The second-order valence-electron chi connectivity index (χ2n) is 8.95. The molecule has 0 aromatic rings. The first-order chi connectivity index (χ1) is 10.6. The van der Waals surface area contributed by atoms with Gasteiger partial charge >= 0.3 is 6.09 Å². The van der Waals surface area contributed by atoms with Crippen LogP contribution in [0.2, 0.25) is 0 Å². The molecule has 0 radical (unpaired) electrons. The SMILES string of the molecule is CC(C)CC(CC(C)C)NCC1CCN(C(=O)OC(C)(C)C)C1. The van der Waals surface area contributed by atoms with Crippen LogP contribution in [0, 0.1) is 17.8 Å². The van der Waals surface area contributed by atoms with Crippen LogP contribution >= 0.6 is 0 Å². The molecule has 0 saturated carbocycles. The molecule has 1 fully saturated rings. The summed E-state index contributed by atoms with van der Waals surface area (Å²) >= 11 is 0. The minimum atomic E-state index is -0.410. The molecule has 0 spiro atoms. The first kappa shape index (κ1) is 20.3. The zero-order chi connectivity index (χ0) is 17.6. The zero-order valence-corrected chi connectivity index (χ0v) is 16.3. The summed E-state index contributed by atoms with van der Waals surface area (Å²) in [7, 11) is 0. The lowest BCUT2D eigenvalue weighted by atomic mass is 9.95. The van der Waals surface area contributed by atoms with E-state index in [9.17, 15) is 4.79 Å². The Morgan fingerprint density at radius 3 is 2.22 bits per heavy atom. The molecule has 23 heavy (non-hydrogen) atoms. The summed E-state index contributed by atoms with van der Waals surface area (Å²) in [5.74, 6) is 1.98. The number of hydrogen-bond donors (Lipinski definition) is 1. The van der Waals surface area contributed by atoms with Crippen LogP contribution in [0.5, 0.6) is 0 Å². The Labute approximate surface area is 143 Å². The van der Waals surface area contributed by atoms with Crippen molar-refractivity contribution in [3.63, 3.8) is 0 Å². The normalized spacial score (nSPS) is 19.2. The third-order valence-electron chi connectivity index (χ3n) is 4.14. The van der Waals surface area contributed by atoms with Crippen LogP contribution in [0.3, 0.4) is 0 Å². The first-order valence-electron chi connectivity index (χ1n) is 9.28. The van der Waals surface area contributed by atoms with Gasteiger partial charge in [-0.1, -0.05) is 27.7 Å². The Morgan fingerprint density at radius 1 is 1.17 bits per heavy atom. The van der Waals surface area contributed by atoms with Gasteiger partial charge in [0, 0.05) is 19.1 Å². The number of rotatable bonds is 7. The number of nitrogens with zero attached hydrogens (tertiary/aromatic N) is 1. The molecule has 1 heterocycles. The van der Waals surface area contributed by atoms with Crippen LogP contribution in [0.1, 0.15) is 67.7 Å². The van der Waals surface area contributed by atoms with E-state index >= 15 is 0 Å². The van der Waals surface area contributed by atoms with Gasteiger partial charge in [0.1, 0.15) is 5.60 Å². The van der Waals surface area contributed by atoms with E-state index in [1.807, 2.05) is 25.7 Å². The van der Waals surface area contributed by atoms with Crippen molar-refractivity contribution in [3.05, 3.63) is 0 Å². The van der Waals surface area contributed by atoms with E-state index in [0.29, 0.717) is 23.8 Å². The molecule has 0 bridgehead atoms. The second kappa shape index (κ2) is 8.91. The fourth-order valence-electron chi connectivity index (χ4n) is 3.23. The number of carbonyl (C=O) groups excluding carboxylic acids is 1. The van der Waals surface area contributed by atoms with Gasteiger partial charge < -0.3 is 15.0 Å². The van der Waals surface area contributed by atoms with Gasteiger partial charge in [-0.15, -0.1) is 0 Å². The number of likely N-dealkylation sites (tertiary alicyclic amines) is 1. The van der Waals surface area contributed by atoms with E-state index in [2.05, 4.69) is 33.0 Å².